The minimum absolute atomic E-state index is 0.0308. The molecule has 1 heterocycles. The topological polar surface area (TPSA) is 46.6 Å². The number of methoxy groups -OCH3 is 1. The zero-order valence-electron chi connectivity index (χ0n) is 16.2. The van der Waals surface area contributed by atoms with E-state index in [2.05, 4.69) is 0 Å². The summed E-state index contributed by atoms with van der Waals surface area (Å²) in [5, 5.41) is 0.630. The lowest BCUT2D eigenvalue weighted by Crippen LogP contribution is -2.42. The molecule has 2 aromatic carbocycles. The van der Waals surface area contributed by atoms with Crippen LogP contribution in [-0.2, 0) is 9.59 Å². The number of amides is 2. The summed E-state index contributed by atoms with van der Waals surface area (Å²) in [5.74, 6) is 0.161. The molecule has 0 bridgehead atoms. The van der Waals surface area contributed by atoms with E-state index >= 15 is 0 Å². The minimum atomic E-state index is -0.220. The molecule has 0 atom stereocenters. The average Bonchev–Trinajstić information content (AvgIpc) is 2.99. The van der Waals surface area contributed by atoms with Crippen LogP contribution >= 0.6 is 23.4 Å². The Hall–Kier alpha value is -2.24. The summed E-state index contributed by atoms with van der Waals surface area (Å²) >= 11 is 7.32. The Morgan fingerprint density at radius 3 is 2.34 bits per heavy atom. The first-order valence-corrected chi connectivity index (χ1v) is 11.0. The SMILES string of the molecule is COc1ccccc1C1=C(Sc2ccc(Cl)cc2)C(=O)N(C2CCCCC2)C1=O. The second-order valence-corrected chi connectivity index (χ2v) is 8.75. The molecule has 2 aliphatic rings. The molecule has 0 unspecified atom stereocenters. The second-order valence-electron chi connectivity index (χ2n) is 7.23. The van der Waals surface area contributed by atoms with Crippen LogP contribution in [-0.4, -0.2) is 29.9 Å². The highest BCUT2D eigenvalue weighted by Crippen LogP contribution is 2.44. The number of halogens is 1. The molecule has 0 N–H and O–H groups in total. The van der Waals surface area contributed by atoms with Gasteiger partial charge >= 0.3 is 0 Å². The molecule has 0 saturated heterocycles. The van der Waals surface area contributed by atoms with Crippen molar-refractivity contribution >= 4 is 40.8 Å². The standard InChI is InChI=1S/C23H22ClNO3S/c1-28-19-10-6-5-9-18(19)20-21(29-17-13-11-15(24)12-14-17)23(27)25(22(20)26)16-7-3-2-4-8-16/h5-6,9-14,16H,2-4,7-8H2,1H3. The predicted molar refractivity (Wildman–Crippen MR) is 116 cm³/mol. The maximum atomic E-state index is 13.5. The van der Waals surface area contributed by atoms with Crippen molar-refractivity contribution < 1.29 is 14.3 Å². The molecule has 29 heavy (non-hydrogen) atoms. The minimum Gasteiger partial charge on any atom is -0.496 e. The highest BCUT2D eigenvalue weighted by atomic mass is 35.5. The number of benzene rings is 2. The van der Waals surface area contributed by atoms with Gasteiger partial charge in [-0.25, -0.2) is 0 Å². The number of carbonyl (C=O) groups excluding carboxylic acids is 2. The van der Waals surface area contributed by atoms with E-state index < -0.39 is 0 Å². The highest BCUT2D eigenvalue weighted by Gasteiger charge is 2.43. The zero-order valence-corrected chi connectivity index (χ0v) is 17.8. The van der Waals surface area contributed by atoms with Crippen molar-refractivity contribution in [1.82, 2.24) is 4.90 Å². The van der Waals surface area contributed by atoms with E-state index in [1.807, 2.05) is 36.4 Å². The van der Waals surface area contributed by atoms with E-state index in [1.165, 1.54) is 16.7 Å². The van der Waals surface area contributed by atoms with Gasteiger partial charge in [-0.1, -0.05) is 60.8 Å². The van der Waals surface area contributed by atoms with Crippen LogP contribution in [0.3, 0.4) is 0 Å². The second kappa shape index (κ2) is 8.64. The van der Waals surface area contributed by atoms with Gasteiger partial charge in [0.05, 0.1) is 17.6 Å². The summed E-state index contributed by atoms with van der Waals surface area (Å²) in [7, 11) is 1.57. The quantitative estimate of drug-likeness (QED) is 0.586. The predicted octanol–water partition coefficient (Wildman–Crippen LogP) is 5.55. The number of hydrogen-bond acceptors (Lipinski definition) is 4. The van der Waals surface area contributed by atoms with Crippen molar-refractivity contribution in [3.8, 4) is 5.75 Å². The Bertz CT molecular complexity index is 964. The molecule has 4 rings (SSSR count). The van der Waals surface area contributed by atoms with E-state index in [0.29, 0.717) is 26.8 Å². The van der Waals surface area contributed by atoms with Crippen LogP contribution in [0.1, 0.15) is 37.7 Å². The molecule has 0 aromatic heterocycles. The summed E-state index contributed by atoms with van der Waals surface area (Å²) in [4.78, 5) is 29.7. The maximum absolute atomic E-state index is 13.5. The number of para-hydroxylation sites is 1. The summed E-state index contributed by atoms with van der Waals surface area (Å²) in [6.45, 7) is 0. The molecule has 2 amide bonds. The van der Waals surface area contributed by atoms with E-state index in [0.717, 1.165) is 37.0 Å². The van der Waals surface area contributed by atoms with Gasteiger partial charge in [0.15, 0.2) is 0 Å². The molecule has 6 heteroatoms. The Kier molecular flexibility index (Phi) is 5.97. The number of rotatable bonds is 5. The largest absolute Gasteiger partial charge is 0.496 e. The maximum Gasteiger partial charge on any atom is 0.268 e. The lowest BCUT2D eigenvalue weighted by molar-refractivity contribution is -0.139. The molecule has 0 spiro atoms. The smallest absolute Gasteiger partial charge is 0.268 e. The summed E-state index contributed by atoms with van der Waals surface area (Å²) in [6.07, 6.45) is 4.99. The molecule has 2 aromatic rings. The van der Waals surface area contributed by atoms with Crippen molar-refractivity contribution in [3.05, 3.63) is 64.0 Å². The third kappa shape index (κ3) is 3.94. The molecule has 1 fully saturated rings. The van der Waals surface area contributed by atoms with Crippen molar-refractivity contribution in [2.24, 2.45) is 0 Å². The summed E-state index contributed by atoms with van der Waals surface area (Å²) in [6, 6.07) is 14.6. The van der Waals surface area contributed by atoms with Crippen LogP contribution < -0.4 is 4.74 Å². The Labute approximate surface area is 179 Å². The third-order valence-corrected chi connectivity index (χ3v) is 6.77. The van der Waals surface area contributed by atoms with Crippen molar-refractivity contribution in [1.29, 1.82) is 0 Å². The molecule has 4 nitrogen and oxygen atoms in total. The monoisotopic (exact) mass is 427 g/mol. The van der Waals surface area contributed by atoms with Gasteiger partial charge in [-0.15, -0.1) is 0 Å². The number of thioether (sulfide) groups is 1. The van der Waals surface area contributed by atoms with Crippen molar-refractivity contribution in [3.63, 3.8) is 0 Å². The Balaban J connectivity index is 1.79. The van der Waals surface area contributed by atoms with Crippen molar-refractivity contribution in [2.45, 2.75) is 43.0 Å². The molecular weight excluding hydrogens is 406 g/mol. The molecular formula is C23H22ClNO3S. The Morgan fingerprint density at radius 1 is 0.966 bits per heavy atom. The fourth-order valence-electron chi connectivity index (χ4n) is 4.00. The van der Waals surface area contributed by atoms with Gasteiger partial charge in [0, 0.05) is 21.5 Å². The first kappa shape index (κ1) is 20.0. The normalized spacial score (nSPS) is 17.9. The third-order valence-electron chi connectivity index (χ3n) is 5.42. The summed E-state index contributed by atoms with van der Waals surface area (Å²) in [5.41, 5.74) is 1.08. The zero-order chi connectivity index (χ0) is 20.4. The molecule has 150 valence electrons. The van der Waals surface area contributed by atoms with Crippen LogP contribution in [0.2, 0.25) is 5.02 Å². The summed E-state index contributed by atoms with van der Waals surface area (Å²) < 4.78 is 5.49. The van der Waals surface area contributed by atoms with Crippen LogP contribution in [0.25, 0.3) is 5.57 Å². The number of carbonyl (C=O) groups is 2. The van der Waals surface area contributed by atoms with E-state index in [-0.39, 0.29) is 17.9 Å². The van der Waals surface area contributed by atoms with E-state index in [4.69, 9.17) is 16.3 Å². The first-order valence-electron chi connectivity index (χ1n) is 9.79. The van der Waals surface area contributed by atoms with Crippen LogP contribution in [0.5, 0.6) is 5.75 Å². The van der Waals surface area contributed by atoms with Gasteiger partial charge in [0.2, 0.25) is 0 Å². The van der Waals surface area contributed by atoms with Crippen LogP contribution in [0.15, 0.2) is 58.3 Å². The van der Waals surface area contributed by atoms with Gasteiger partial charge in [0.1, 0.15) is 5.75 Å². The fraction of sp³-hybridized carbons (Fsp3) is 0.304. The number of nitrogens with zero attached hydrogens (tertiary/aromatic N) is 1. The van der Waals surface area contributed by atoms with Crippen molar-refractivity contribution in [2.75, 3.05) is 7.11 Å². The van der Waals surface area contributed by atoms with Crippen LogP contribution in [0, 0.1) is 0 Å². The number of hydrogen-bond donors (Lipinski definition) is 0. The van der Waals surface area contributed by atoms with E-state index in [1.54, 1.807) is 19.2 Å². The van der Waals surface area contributed by atoms with Crippen LogP contribution in [0.4, 0.5) is 0 Å². The van der Waals surface area contributed by atoms with Gasteiger partial charge in [0.25, 0.3) is 11.8 Å². The lowest BCUT2D eigenvalue weighted by atomic mass is 9.94. The first-order chi connectivity index (χ1) is 14.1. The fourth-order valence-corrected chi connectivity index (χ4v) is 5.12. The van der Waals surface area contributed by atoms with Gasteiger partial charge in [-0.05, 0) is 43.2 Å². The average molecular weight is 428 g/mol. The molecule has 1 saturated carbocycles. The molecule has 1 aliphatic carbocycles. The van der Waals surface area contributed by atoms with Gasteiger partial charge < -0.3 is 4.74 Å². The van der Waals surface area contributed by atoms with Gasteiger partial charge in [-0.3, -0.25) is 14.5 Å². The lowest BCUT2D eigenvalue weighted by Gasteiger charge is -2.30. The van der Waals surface area contributed by atoms with E-state index in [9.17, 15) is 9.59 Å². The number of ether oxygens (including phenoxy) is 1. The molecule has 0 radical (unpaired) electrons. The van der Waals surface area contributed by atoms with Gasteiger partial charge in [-0.2, -0.15) is 0 Å². The molecule has 1 aliphatic heterocycles. The highest BCUT2D eigenvalue weighted by molar-refractivity contribution is 8.04. The Morgan fingerprint density at radius 2 is 1.66 bits per heavy atom. The number of imide groups is 1.